The topological polar surface area (TPSA) is 53.0 Å². The molecule has 2 atom stereocenters. The van der Waals surface area contributed by atoms with E-state index in [0.717, 1.165) is 6.42 Å². The van der Waals surface area contributed by atoms with Gasteiger partial charge in [-0.15, -0.1) is 0 Å². The largest absolute Gasteiger partial charge is 0.392 e. The Balaban J connectivity index is -0.000000360. The fourth-order valence-corrected chi connectivity index (χ4v) is 2.17. The third kappa shape index (κ3) is 23.9. The van der Waals surface area contributed by atoms with Gasteiger partial charge in [-0.05, 0) is 19.3 Å². The molecule has 2 N–H and O–H groups in total. The maximum atomic E-state index is 8.50. The Bertz CT molecular complexity index is 331. The summed E-state index contributed by atoms with van der Waals surface area (Å²) in [5.41, 5.74) is 0. The van der Waals surface area contributed by atoms with Crippen LogP contribution in [0.4, 0.5) is 0 Å². The molecule has 0 aromatic carbocycles. The van der Waals surface area contributed by atoms with Crippen LogP contribution >= 0.6 is 0 Å². The van der Waals surface area contributed by atoms with Crippen LogP contribution in [0.2, 0.25) is 0 Å². The van der Waals surface area contributed by atoms with E-state index in [1.165, 1.54) is 44.9 Å². The number of hydrogen-bond donors (Lipinski definition) is 2. The van der Waals surface area contributed by atoms with Crippen LogP contribution in [0.5, 0.6) is 0 Å². The van der Waals surface area contributed by atoms with E-state index in [-0.39, 0.29) is 101 Å². The number of ether oxygens (including phenoxy) is 1. The molecule has 140 valence electrons. The van der Waals surface area contributed by atoms with E-state index in [1.807, 2.05) is 18.2 Å². The maximum Gasteiger partial charge on any atom is 0.102 e. The van der Waals surface area contributed by atoms with Crippen LogP contribution in [0.15, 0.2) is 36.5 Å². The van der Waals surface area contributed by atoms with Gasteiger partial charge in [0.1, 0.15) is 6.10 Å². The zero-order chi connectivity index (χ0) is 17.2. The number of unbranched alkanes of at least 4 members (excludes halogenated alkanes) is 5. The second-order valence-electron chi connectivity index (χ2n) is 5.78. The van der Waals surface area contributed by atoms with E-state index in [9.17, 15) is 0 Å². The Hall–Kier alpha value is 1.98. The van der Waals surface area contributed by atoms with Gasteiger partial charge in [0.15, 0.2) is 0 Å². The van der Waals surface area contributed by atoms with Gasteiger partial charge in [-0.3, -0.25) is 0 Å². The third-order valence-corrected chi connectivity index (χ3v) is 3.61. The molecular formula is C20H36Ac2O3. The van der Waals surface area contributed by atoms with Crippen LogP contribution in [0.25, 0.3) is 0 Å². The summed E-state index contributed by atoms with van der Waals surface area (Å²) in [6.07, 6.45) is 22.2. The summed E-state index contributed by atoms with van der Waals surface area (Å²) in [6.45, 7) is 4.67. The predicted molar refractivity (Wildman–Crippen MR) is 98.5 cm³/mol. The minimum absolute atomic E-state index is 0. The minimum Gasteiger partial charge on any atom is -0.392 e. The summed E-state index contributed by atoms with van der Waals surface area (Å²) in [6, 6.07) is 0. The average molecular weight is 779 g/mol. The second kappa shape index (κ2) is 26.0. The molecule has 1 saturated heterocycles. The smallest absolute Gasteiger partial charge is 0.102 e. The summed E-state index contributed by atoms with van der Waals surface area (Å²) in [5.74, 6) is 0. The first-order valence-electron chi connectivity index (χ1n) is 9.15. The van der Waals surface area contributed by atoms with Gasteiger partial charge in [0, 0.05) is 88.1 Å². The van der Waals surface area contributed by atoms with Crippen molar-refractivity contribution in [1.29, 1.82) is 0 Å². The molecule has 0 aromatic heterocycles. The monoisotopic (exact) mass is 778 g/mol. The third-order valence-electron chi connectivity index (χ3n) is 3.61. The molecule has 1 aliphatic rings. The number of hydrogen-bond acceptors (Lipinski definition) is 3. The molecule has 0 amide bonds. The van der Waals surface area contributed by atoms with Crippen molar-refractivity contribution in [3.05, 3.63) is 36.5 Å². The van der Waals surface area contributed by atoms with Crippen molar-refractivity contribution in [2.75, 3.05) is 13.2 Å². The molecule has 1 rings (SSSR count). The minimum atomic E-state index is 0. The Morgan fingerprint density at radius 2 is 1.40 bits per heavy atom. The normalized spacial score (nSPS) is 18.7. The fourth-order valence-electron chi connectivity index (χ4n) is 2.17. The summed E-state index contributed by atoms with van der Waals surface area (Å²) in [7, 11) is 0. The average Bonchev–Trinajstić information content (AvgIpc) is 3.31. The summed E-state index contributed by atoms with van der Waals surface area (Å²) in [4.78, 5) is 0. The molecule has 2 unspecified atom stereocenters. The summed E-state index contributed by atoms with van der Waals surface area (Å²) >= 11 is 0. The van der Waals surface area contributed by atoms with Crippen molar-refractivity contribution in [3.63, 3.8) is 0 Å². The van der Waals surface area contributed by atoms with Crippen LogP contribution < -0.4 is 0 Å². The van der Waals surface area contributed by atoms with Crippen molar-refractivity contribution in [2.45, 2.75) is 77.4 Å². The zero-order valence-electron chi connectivity index (χ0n) is 16.1. The fraction of sp³-hybridized carbons (Fsp3) is 0.700. The van der Waals surface area contributed by atoms with Crippen LogP contribution in [0.3, 0.4) is 0 Å². The molecule has 25 heavy (non-hydrogen) atoms. The quantitative estimate of drug-likeness (QED) is 0.133. The van der Waals surface area contributed by atoms with Gasteiger partial charge in [-0.1, -0.05) is 82.4 Å². The van der Waals surface area contributed by atoms with E-state index < -0.39 is 0 Å². The molecule has 5 heteroatoms. The van der Waals surface area contributed by atoms with Gasteiger partial charge in [-0.2, -0.15) is 0 Å². The number of aliphatic hydroxyl groups is 2. The second-order valence-corrected chi connectivity index (χ2v) is 5.78. The molecule has 0 bridgehead atoms. The van der Waals surface area contributed by atoms with Crippen molar-refractivity contribution >= 4 is 0 Å². The first kappa shape index (κ1) is 31.7. The molecule has 0 saturated carbocycles. The van der Waals surface area contributed by atoms with E-state index in [1.54, 1.807) is 12.2 Å². The summed E-state index contributed by atoms with van der Waals surface area (Å²) < 4.78 is 5.37. The first-order chi connectivity index (χ1) is 11.3. The first-order valence-corrected chi connectivity index (χ1v) is 9.15. The van der Waals surface area contributed by atoms with Crippen LogP contribution in [-0.4, -0.2) is 35.6 Å². The van der Waals surface area contributed by atoms with Crippen LogP contribution in [0, 0.1) is 88.1 Å². The van der Waals surface area contributed by atoms with E-state index >= 15 is 0 Å². The van der Waals surface area contributed by atoms with Crippen molar-refractivity contribution in [2.24, 2.45) is 0 Å². The molecule has 2 radical (unpaired) electrons. The Labute approximate surface area is 226 Å². The Kier molecular flexibility index (Phi) is 32.9. The van der Waals surface area contributed by atoms with Crippen molar-refractivity contribution in [3.8, 4) is 0 Å². The predicted octanol–water partition coefficient (Wildman–Crippen LogP) is 4.55. The Morgan fingerprint density at radius 3 is 2.00 bits per heavy atom. The molecule has 1 aliphatic heterocycles. The van der Waals surface area contributed by atoms with Gasteiger partial charge in [-0.25, -0.2) is 0 Å². The van der Waals surface area contributed by atoms with E-state index in [2.05, 4.69) is 19.9 Å². The van der Waals surface area contributed by atoms with Gasteiger partial charge < -0.3 is 14.9 Å². The van der Waals surface area contributed by atoms with Gasteiger partial charge in [0.05, 0.1) is 19.3 Å². The standard InChI is InChI=1S/C10H18O2.C10H18O.2Ac/c1-2-3-4-6-9-10(12-9)7-5-8-11;1-2-3-4-5-6-7-8-9-10-11;;/h5,7,9-11H,2-4,6,8H2,1H3;6-9,11H,2-5,10H2,1H3;;/b7-5+;7-6-,9-8+;;. The summed E-state index contributed by atoms with van der Waals surface area (Å²) in [5, 5.41) is 16.9. The van der Waals surface area contributed by atoms with E-state index in [4.69, 9.17) is 14.9 Å². The van der Waals surface area contributed by atoms with Crippen LogP contribution in [-0.2, 0) is 4.74 Å². The molecule has 3 nitrogen and oxygen atoms in total. The molecule has 0 aromatic rings. The maximum absolute atomic E-state index is 8.50. The SMILES string of the molecule is CCCCC/C=C\C=C\CO.CCCCCC1OC1/C=C/CO.[Ac].[Ac]. The van der Waals surface area contributed by atoms with Gasteiger partial charge in [0.2, 0.25) is 0 Å². The molecular weight excluding hydrogens is 742 g/mol. The van der Waals surface area contributed by atoms with Crippen molar-refractivity contribution < 1.29 is 103 Å². The molecule has 1 fully saturated rings. The van der Waals surface area contributed by atoms with Gasteiger partial charge >= 0.3 is 0 Å². The number of allylic oxidation sites excluding steroid dienone is 3. The molecule has 0 aliphatic carbocycles. The Morgan fingerprint density at radius 1 is 0.800 bits per heavy atom. The number of aliphatic hydroxyl groups excluding tert-OH is 2. The molecule has 0 spiro atoms. The number of rotatable bonds is 12. The van der Waals surface area contributed by atoms with E-state index in [0.29, 0.717) is 12.2 Å². The van der Waals surface area contributed by atoms with Gasteiger partial charge in [0.25, 0.3) is 0 Å². The van der Waals surface area contributed by atoms with Crippen molar-refractivity contribution in [1.82, 2.24) is 0 Å². The van der Waals surface area contributed by atoms with Crippen LogP contribution in [0.1, 0.15) is 65.2 Å². The zero-order valence-corrected chi connectivity index (χ0v) is 25.6. The molecule has 1 heterocycles. The number of epoxide rings is 1.